The third-order valence-electron chi connectivity index (χ3n) is 6.78. The fourth-order valence-corrected chi connectivity index (χ4v) is 4.82. The van der Waals surface area contributed by atoms with Crippen molar-refractivity contribution in [2.75, 3.05) is 31.3 Å². The molecule has 0 aliphatic carbocycles. The molecule has 2 aliphatic rings. The van der Waals surface area contributed by atoms with Crippen LogP contribution in [-0.4, -0.2) is 37.0 Å². The minimum absolute atomic E-state index is 0.0724. The summed E-state index contributed by atoms with van der Waals surface area (Å²) in [4.78, 5) is 17.7. The number of anilines is 1. The van der Waals surface area contributed by atoms with Gasteiger partial charge in [0.05, 0.1) is 11.1 Å². The fourth-order valence-electron chi connectivity index (χ4n) is 4.82. The molecule has 5 rings (SSSR count). The maximum Gasteiger partial charge on any atom is 0.231 e. The number of hydrogen-bond acceptors (Lipinski definition) is 5. The van der Waals surface area contributed by atoms with E-state index < -0.39 is 0 Å². The van der Waals surface area contributed by atoms with Gasteiger partial charge >= 0.3 is 0 Å². The largest absolute Gasteiger partial charge is 0.478 e. The Morgan fingerprint density at radius 2 is 1.74 bits per heavy atom. The van der Waals surface area contributed by atoms with Gasteiger partial charge in [0, 0.05) is 31.9 Å². The third kappa shape index (κ3) is 4.96. The normalized spacial score (nSPS) is 15.9. The SMILES string of the molecule is CCN(CC)c1ccc(/C=C2\Oc3c(ccc4c3CN(CCCc3ccccc3)CO4)C2=O)cc1. The molecule has 35 heavy (non-hydrogen) atoms. The van der Waals surface area contributed by atoms with Crippen LogP contribution in [0.1, 0.15) is 47.3 Å². The van der Waals surface area contributed by atoms with Crippen LogP contribution in [0.3, 0.4) is 0 Å². The van der Waals surface area contributed by atoms with Gasteiger partial charge in [0.25, 0.3) is 0 Å². The van der Waals surface area contributed by atoms with Crippen molar-refractivity contribution < 1.29 is 14.3 Å². The van der Waals surface area contributed by atoms with Gasteiger partial charge in [-0.1, -0.05) is 42.5 Å². The Bertz CT molecular complexity index is 1210. The summed E-state index contributed by atoms with van der Waals surface area (Å²) in [6.07, 6.45) is 3.92. The summed E-state index contributed by atoms with van der Waals surface area (Å²) in [7, 11) is 0. The zero-order valence-corrected chi connectivity index (χ0v) is 20.5. The Balaban J connectivity index is 1.29. The molecule has 5 heteroatoms. The molecule has 0 saturated heterocycles. The number of nitrogens with zero attached hydrogens (tertiary/aromatic N) is 2. The van der Waals surface area contributed by atoms with Gasteiger partial charge in [0.15, 0.2) is 5.76 Å². The van der Waals surface area contributed by atoms with Crippen molar-refractivity contribution in [2.45, 2.75) is 33.2 Å². The molecule has 2 aliphatic heterocycles. The summed E-state index contributed by atoms with van der Waals surface area (Å²) >= 11 is 0. The molecule has 0 spiro atoms. The van der Waals surface area contributed by atoms with Gasteiger partial charge < -0.3 is 14.4 Å². The van der Waals surface area contributed by atoms with Crippen molar-refractivity contribution in [3.05, 3.63) is 94.7 Å². The monoisotopic (exact) mass is 468 g/mol. The zero-order valence-electron chi connectivity index (χ0n) is 20.5. The van der Waals surface area contributed by atoms with E-state index in [1.165, 1.54) is 11.3 Å². The first-order valence-electron chi connectivity index (χ1n) is 12.5. The number of hydrogen-bond donors (Lipinski definition) is 0. The van der Waals surface area contributed by atoms with E-state index in [0.717, 1.165) is 49.4 Å². The van der Waals surface area contributed by atoms with Gasteiger partial charge in [0.2, 0.25) is 5.78 Å². The Labute approximate surface area is 207 Å². The van der Waals surface area contributed by atoms with Crippen LogP contribution in [0.15, 0.2) is 72.5 Å². The van der Waals surface area contributed by atoms with E-state index in [-0.39, 0.29) is 5.78 Å². The molecule has 0 saturated carbocycles. The average molecular weight is 469 g/mol. The van der Waals surface area contributed by atoms with Crippen LogP contribution < -0.4 is 14.4 Å². The molecule has 180 valence electrons. The number of aryl methyl sites for hydroxylation is 1. The number of Topliss-reactive ketones (excluding diaryl/α,β-unsaturated/α-hetero) is 1. The molecular formula is C30H32N2O3. The van der Waals surface area contributed by atoms with Crippen molar-refractivity contribution in [2.24, 2.45) is 0 Å². The summed E-state index contributed by atoms with van der Waals surface area (Å²) in [5.41, 5.74) is 5.05. The second kappa shape index (κ2) is 10.4. The lowest BCUT2D eigenvalue weighted by atomic mass is 10.0. The highest BCUT2D eigenvalue weighted by Crippen LogP contribution is 2.42. The highest BCUT2D eigenvalue weighted by molar-refractivity contribution is 6.15. The van der Waals surface area contributed by atoms with Crippen molar-refractivity contribution in [3.63, 3.8) is 0 Å². The number of carbonyl (C=O) groups is 1. The lowest BCUT2D eigenvalue weighted by molar-refractivity contribution is 0.0928. The van der Waals surface area contributed by atoms with Crippen molar-refractivity contribution >= 4 is 17.5 Å². The average Bonchev–Trinajstić information content (AvgIpc) is 3.22. The number of ether oxygens (including phenoxy) is 2. The smallest absolute Gasteiger partial charge is 0.231 e. The molecule has 3 aromatic carbocycles. The van der Waals surface area contributed by atoms with Crippen LogP contribution in [0, 0.1) is 0 Å². The van der Waals surface area contributed by atoms with E-state index in [2.05, 4.69) is 60.0 Å². The van der Waals surface area contributed by atoms with Crippen LogP contribution in [0.2, 0.25) is 0 Å². The molecule has 0 bridgehead atoms. The van der Waals surface area contributed by atoms with E-state index >= 15 is 0 Å². The standard InChI is InChI=1S/C30H32N2O3/c1-3-32(4-2)24-14-12-23(13-15-24)19-28-29(33)25-16-17-27-26(30(25)35-28)20-31(21-34-27)18-8-11-22-9-6-5-7-10-22/h5-7,9-10,12-17,19H,3-4,8,11,18,20-21H2,1-2H3/b28-19-. The number of ketones is 1. The maximum atomic E-state index is 13.1. The van der Waals surface area contributed by atoms with Crippen molar-refractivity contribution in [1.29, 1.82) is 0 Å². The molecule has 0 aromatic heterocycles. The lowest BCUT2D eigenvalue weighted by Crippen LogP contribution is -2.33. The van der Waals surface area contributed by atoms with E-state index in [4.69, 9.17) is 9.47 Å². The summed E-state index contributed by atoms with van der Waals surface area (Å²) < 4.78 is 12.2. The number of benzene rings is 3. The minimum atomic E-state index is -0.0724. The summed E-state index contributed by atoms with van der Waals surface area (Å²) in [5, 5.41) is 0. The second-order valence-electron chi connectivity index (χ2n) is 9.04. The Morgan fingerprint density at radius 3 is 2.49 bits per heavy atom. The van der Waals surface area contributed by atoms with E-state index in [9.17, 15) is 4.79 Å². The van der Waals surface area contributed by atoms with Crippen LogP contribution in [0.4, 0.5) is 5.69 Å². The number of carbonyl (C=O) groups excluding carboxylic acids is 1. The highest BCUT2D eigenvalue weighted by atomic mass is 16.5. The number of rotatable bonds is 8. The van der Waals surface area contributed by atoms with Crippen LogP contribution in [-0.2, 0) is 13.0 Å². The van der Waals surface area contributed by atoms with E-state index in [0.29, 0.717) is 30.3 Å². The van der Waals surface area contributed by atoms with Crippen LogP contribution in [0.5, 0.6) is 11.5 Å². The predicted octanol–water partition coefficient (Wildman–Crippen LogP) is 5.93. The first-order chi connectivity index (χ1) is 17.2. The van der Waals surface area contributed by atoms with E-state index in [1.807, 2.05) is 36.4 Å². The molecule has 0 N–H and O–H groups in total. The van der Waals surface area contributed by atoms with Gasteiger partial charge in [-0.05, 0) is 68.2 Å². The van der Waals surface area contributed by atoms with E-state index in [1.54, 1.807) is 0 Å². The van der Waals surface area contributed by atoms with Crippen LogP contribution >= 0.6 is 0 Å². The molecule has 0 unspecified atom stereocenters. The van der Waals surface area contributed by atoms with Gasteiger partial charge in [-0.2, -0.15) is 0 Å². The molecule has 0 amide bonds. The summed E-state index contributed by atoms with van der Waals surface area (Å²) in [6.45, 7) is 8.41. The topological polar surface area (TPSA) is 42.0 Å². The maximum absolute atomic E-state index is 13.1. The molecule has 0 fully saturated rings. The minimum Gasteiger partial charge on any atom is -0.478 e. The third-order valence-corrected chi connectivity index (χ3v) is 6.78. The Hall–Kier alpha value is -3.57. The first-order valence-corrected chi connectivity index (χ1v) is 12.5. The molecule has 0 atom stereocenters. The molecule has 0 radical (unpaired) electrons. The van der Waals surface area contributed by atoms with Crippen molar-refractivity contribution in [1.82, 2.24) is 4.90 Å². The number of allylic oxidation sites excluding steroid dienone is 1. The summed E-state index contributed by atoms with van der Waals surface area (Å²) in [6, 6.07) is 22.5. The van der Waals surface area contributed by atoms with Gasteiger partial charge in [0.1, 0.15) is 18.2 Å². The molecule has 5 nitrogen and oxygen atoms in total. The fraction of sp³-hybridized carbons (Fsp3) is 0.300. The summed E-state index contributed by atoms with van der Waals surface area (Å²) in [5.74, 6) is 1.74. The Kier molecular flexibility index (Phi) is 6.87. The molecule has 2 heterocycles. The highest BCUT2D eigenvalue weighted by Gasteiger charge is 2.33. The predicted molar refractivity (Wildman–Crippen MR) is 140 cm³/mol. The molecular weight excluding hydrogens is 436 g/mol. The lowest BCUT2D eigenvalue weighted by Gasteiger charge is -2.29. The van der Waals surface area contributed by atoms with Crippen LogP contribution in [0.25, 0.3) is 6.08 Å². The van der Waals surface area contributed by atoms with Gasteiger partial charge in [-0.25, -0.2) is 0 Å². The zero-order chi connectivity index (χ0) is 24.2. The number of fused-ring (bicyclic) bond motifs is 3. The first kappa shape index (κ1) is 23.2. The quantitative estimate of drug-likeness (QED) is 0.383. The van der Waals surface area contributed by atoms with Gasteiger partial charge in [-0.15, -0.1) is 0 Å². The second-order valence-corrected chi connectivity index (χ2v) is 9.04. The molecule has 3 aromatic rings. The van der Waals surface area contributed by atoms with Gasteiger partial charge in [-0.3, -0.25) is 9.69 Å². The van der Waals surface area contributed by atoms with Crippen molar-refractivity contribution in [3.8, 4) is 11.5 Å². The Morgan fingerprint density at radius 1 is 0.971 bits per heavy atom.